The van der Waals surface area contributed by atoms with Gasteiger partial charge >= 0.3 is 0 Å². The molecule has 2 heterocycles. The van der Waals surface area contributed by atoms with Crippen LogP contribution in [-0.2, 0) is 37.4 Å². The summed E-state index contributed by atoms with van der Waals surface area (Å²) in [6.45, 7) is 4.09. The fourth-order valence-corrected chi connectivity index (χ4v) is 1.39. The minimum absolute atomic E-state index is 0. The molecule has 0 aromatic carbocycles. The first-order valence-corrected chi connectivity index (χ1v) is 4.76. The third-order valence-corrected chi connectivity index (χ3v) is 2.10. The van der Waals surface area contributed by atoms with E-state index in [-0.39, 0.29) is 38.7 Å². The number of aryl methyl sites for hydroxylation is 1. The van der Waals surface area contributed by atoms with Crippen molar-refractivity contribution in [3.05, 3.63) is 35.7 Å². The van der Waals surface area contributed by atoms with Crippen molar-refractivity contribution in [3.8, 4) is 0 Å². The van der Waals surface area contributed by atoms with Crippen LogP contribution in [0.3, 0.4) is 0 Å². The molecule has 0 bridgehead atoms. The van der Waals surface area contributed by atoms with Gasteiger partial charge < -0.3 is 14.0 Å². The van der Waals surface area contributed by atoms with E-state index in [0.717, 1.165) is 11.1 Å². The Morgan fingerprint density at radius 1 is 1.62 bits per heavy atom. The maximum Gasteiger partial charge on any atom is 0.223 e. The summed E-state index contributed by atoms with van der Waals surface area (Å²) < 4.78 is 6.52. The second-order valence-corrected chi connectivity index (χ2v) is 3.24. The Morgan fingerprint density at radius 2 is 2.38 bits per heavy atom. The molecule has 5 heteroatoms. The zero-order valence-electron chi connectivity index (χ0n) is 9.23. The van der Waals surface area contributed by atoms with E-state index >= 15 is 0 Å². The summed E-state index contributed by atoms with van der Waals surface area (Å²) in [6.07, 6.45) is 4.46. The Kier molecular flexibility index (Phi) is 4.62. The monoisotopic (exact) mass is 292 g/mol. The van der Waals surface area contributed by atoms with Crippen LogP contribution in [0.5, 0.6) is 0 Å². The Balaban J connectivity index is 0.00000128. The maximum atomic E-state index is 11.5. The number of ether oxygens (including phenoxy) is 1. The molecule has 2 rings (SSSR count). The van der Waals surface area contributed by atoms with Crippen LogP contribution in [0.2, 0.25) is 0 Å². The van der Waals surface area contributed by atoms with Crippen molar-refractivity contribution in [2.45, 2.75) is 13.8 Å². The topological polar surface area (TPSA) is 43.6 Å². The van der Waals surface area contributed by atoms with Gasteiger partial charge in [0.1, 0.15) is 0 Å². The molecule has 0 atom stereocenters. The first-order valence-electron chi connectivity index (χ1n) is 4.76. The molecule has 0 aliphatic rings. The number of carbonyl (C=O) groups is 1. The largest absolute Gasteiger partial charge is 0.519 e. The normalized spacial score (nSPS) is 9.88. The average molecular weight is 292 g/mol. The standard InChI is InChI=1S/C11H11N2O2.Y/c1-3-15-11(14)9-7-12-13-5-4-8(2)6-10(9)13;/h4-6H,3H2,1-2H3;/q-1;. The first kappa shape index (κ1) is 13.3. The van der Waals surface area contributed by atoms with Crippen LogP contribution in [0.25, 0.3) is 5.52 Å². The van der Waals surface area contributed by atoms with E-state index < -0.39 is 0 Å². The number of nitrogens with zero attached hydrogens (tertiary/aromatic N) is 2. The molecule has 0 N–H and O–H groups in total. The quantitative estimate of drug-likeness (QED) is 0.624. The Morgan fingerprint density at radius 3 is 3.06 bits per heavy atom. The van der Waals surface area contributed by atoms with Crippen LogP contribution in [0, 0.1) is 13.1 Å². The second kappa shape index (κ2) is 5.55. The molecule has 1 radical (unpaired) electrons. The molecule has 2 aromatic rings. The third kappa shape index (κ3) is 2.50. The molecular weight excluding hydrogens is 281 g/mol. The van der Waals surface area contributed by atoms with Crippen LogP contribution in [-0.4, -0.2) is 22.2 Å². The fourth-order valence-electron chi connectivity index (χ4n) is 1.39. The first-order chi connectivity index (χ1) is 7.22. The van der Waals surface area contributed by atoms with Gasteiger partial charge in [-0.15, -0.1) is 0 Å². The molecule has 0 aliphatic heterocycles. The summed E-state index contributed by atoms with van der Waals surface area (Å²) in [5.41, 5.74) is 2.19. The molecule has 2 aromatic heterocycles. The minimum atomic E-state index is -0.377. The molecule has 4 nitrogen and oxygen atoms in total. The predicted molar refractivity (Wildman–Crippen MR) is 54.7 cm³/mol. The fraction of sp³-hybridized carbons (Fsp3) is 0.273. The number of esters is 1. The van der Waals surface area contributed by atoms with E-state index in [0.29, 0.717) is 12.2 Å². The molecule has 0 spiro atoms. The number of rotatable bonds is 2. The summed E-state index contributed by atoms with van der Waals surface area (Å²) in [4.78, 5) is 11.5. The van der Waals surface area contributed by atoms with E-state index in [1.165, 1.54) is 0 Å². The van der Waals surface area contributed by atoms with Crippen molar-refractivity contribution in [3.63, 3.8) is 0 Å². The number of fused-ring (bicyclic) bond motifs is 1. The molecule has 81 valence electrons. The number of carbonyl (C=O) groups excluding carboxylic acids is 1. The number of hydrogen-bond donors (Lipinski definition) is 0. The van der Waals surface area contributed by atoms with Gasteiger partial charge in [-0.1, -0.05) is 17.2 Å². The summed E-state index contributed by atoms with van der Waals surface area (Å²) in [6, 6.07) is 3.80. The summed E-state index contributed by atoms with van der Waals surface area (Å²) in [5, 5.41) is 3.95. The average Bonchev–Trinajstić information content (AvgIpc) is 2.60. The smallest absolute Gasteiger partial charge is 0.223 e. The van der Waals surface area contributed by atoms with Gasteiger partial charge in [-0.2, -0.15) is 0 Å². The van der Waals surface area contributed by atoms with Gasteiger partial charge in [-0.3, -0.25) is 5.10 Å². The number of aromatic nitrogens is 2. The molecule has 0 aliphatic carbocycles. The van der Waals surface area contributed by atoms with Crippen LogP contribution < -0.4 is 0 Å². The predicted octanol–water partition coefficient (Wildman–Crippen LogP) is 1.62. The molecule has 16 heavy (non-hydrogen) atoms. The molecule has 0 fully saturated rings. The van der Waals surface area contributed by atoms with Gasteiger partial charge in [0, 0.05) is 38.9 Å². The summed E-state index contributed by atoms with van der Waals surface area (Å²) in [7, 11) is 0. The second-order valence-electron chi connectivity index (χ2n) is 3.24. The number of pyridine rings is 1. The minimum Gasteiger partial charge on any atom is -0.519 e. The van der Waals surface area contributed by atoms with Crippen molar-refractivity contribution >= 4 is 11.5 Å². The van der Waals surface area contributed by atoms with Gasteiger partial charge in [0.25, 0.3) is 0 Å². The number of hydrogen-bond acceptors (Lipinski definition) is 3. The van der Waals surface area contributed by atoms with Crippen LogP contribution in [0.15, 0.2) is 18.3 Å². The SMILES string of the molecule is CCOC(=O)c1[c-]nn2ccc(C)cc12.[Y]. The van der Waals surface area contributed by atoms with Crippen molar-refractivity contribution < 1.29 is 42.2 Å². The van der Waals surface area contributed by atoms with Crippen molar-refractivity contribution in [2.24, 2.45) is 0 Å². The molecular formula is C11H11N2O2Y-. The Bertz CT molecular complexity index is 508. The van der Waals surface area contributed by atoms with Crippen LogP contribution >= 0.6 is 0 Å². The van der Waals surface area contributed by atoms with E-state index in [1.807, 2.05) is 19.1 Å². The Labute approximate surface area is 119 Å². The maximum absolute atomic E-state index is 11.5. The van der Waals surface area contributed by atoms with Crippen LogP contribution in [0.4, 0.5) is 0 Å². The van der Waals surface area contributed by atoms with Gasteiger partial charge in [-0.25, -0.2) is 0 Å². The van der Waals surface area contributed by atoms with E-state index in [2.05, 4.69) is 11.3 Å². The molecule has 0 amide bonds. The third-order valence-electron chi connectivity index (χ3n) is 2.10. The molecule has 0 unspecified atom stereocenters. The van der Waals surface area contributed by atoms with E-state index in [1.54, 1.807) is 17.6 Å². The van der Waals surface area contributed by atoms with Crippen LogP contribution in [0.1, 0.15) is 22.8 Å². The molecule has 0 saturated heterocycles. The van der Waals surface area contributed by atoms with Gasteiger partial charge in [-0.05, 0) is 31.6 Å². The summed E-state index contributed by atoms with van der Waals surface area (Å²) in [5.74, 6) is -0.377. The van der Waals surface area contributed by atoms with Gasteiger partial charge in [0.15, 0.2) is 0 Å². The zero-order valence-corrected chi connectivity index (χ0v) is 12.1. The van der Waals surface area contributed by atoms with Crippen molar-refractivity contribution in [1.82, 2.24) is 9.61 Å². The van der Waals surface area contributed by atoms with Gasteiger partial charge in [0.05, 0.1) is 6.61 Å². The zero-order chi connectivity index (χ0) is 10.8. The molecule has 0 saturated carbocycles. The van der Waals surface area contributed by atoms with E-state index in [9.17, 15) is 4.79 Å². The van der Waals surface area contributed by atoms with Gasteiger partial charge in [0.2, 0.25) is 5.97 Å². The van der Waals surface area contributed by atoms with Crippen molar-refractivity contribution in [1.29, 1.82) is 0 Å². The summed E-state index contributed by atoms with van der Waals surface area (Å²) >= 11 is 0. The van der Waals surface area contributed by atoms with E-state index in [4.69, 9.17) is 4.74 Å². The van der Waals surface area contributed by atoms with Crippen molar-refractivity contribution in [2.75, 3.05) is 6.61 Å². The Hall–Kier alpha value is -0.736.